The molecule has 9 nitrogen and oxygen atoms in total. The van der Waals surface area contributed by atoms with Crippen LogP contribution in [0, 0.1) is 22.9 Å². The molecule has 31 heavy (non-hydrogen) atoms. The topological polar surface area (TPSA) is 119 Å². The van der Waals surface area contributed by atoms with Crippen molar-refractivity contribution < 1.29 is 22.3 Å². The monoisotopic (exact) mass is 446 g/mol. The van der Waals surface area contributed by atoms with Gasteiger partial charge in [0.2, 0.25) is 21.7 Å². The highest BCUT2D eigenvalue weighted by molar-refractivity contribution is 7.89. The van der Waals surface area contributed by atoms with Crippen LogP contribution in [0.5, 0.6) is 0 Å². The van der Waals surface area contributed by atoms with Crippen LogP contribution in [0.3, 0.4) is 0 Å². The number of halogens is 1. The van der Waals surface area contributed by atoms with E-state index in [4.69, 9.17) is 4.52 Å². The van der Waals surface area contributed by atoms with Crippen molar-refractivity contribution in [2.24, 2.45) is 0 Å². The summed E-state index contributed by atoms with van der Waals surface area (Å²) in [5.74, 6) is -0.262. The quantitative estimate of drug-likeness (QED) is 0.433. The molecule has 1 fully saturated rings. The van der Waals surface area contributed by atoms with E-state index in [0.717, 1.165) is 0 Å². The molecule has 162 valence electrons. The molecule has 2 aromatic carbocycles. The summed E-state index contributed by atoms with van der Waals surface area (Å²) in [4.78, 5) is 14.8. The lowest BCUT2D eigenvalue weighted by Gasteiger charge is -2.30. The zero-order valence-electron chi connectivity index (χ0n) is 16.6. The molecule has 0 amide bonds. The van der Waals surface area contributed by atoms with Crippen LogP contribution in [-0.4, -0.2) is 40.9 Å². The van der Waals surface area contributed by atoms with E-state index in [1.807, 2.05) is 0 Å². The second-order valence-corrected chi connectivity index (χ2v) is 9.23. The van der Waals surface area contributed by atoms with Crippen LogP contribution in [0.1, 0.15) is 30.2 Å². The van der Waals surface area contributed by atoms with Crippen LogP contribution in [0.15, 0.2) is 51.9 Å². The second-order valence-electron chi connectivity index (χ2n) is 7.33. The summed E-state index contributed by atoms with van der Waals surface area (Å²) in [6, 6.07) is 9.80. The van der Waals surface area contributed by atoms with Crippen molar-refractivity contribution in [2.75, 3.05) is 13.1 Å². The summed E-state index contributed by atoms with van der Waals surface area (Å²) in [7, 11) is -3.95. The van der Waals surface area contributed by atoms with Gasteiger partial charge in [-0.25, -0.2) is 12.8 Å². The minimum atomic E-state index is -3.95. The number of nitro groups is 1. The van der Waals surface area contributed by atoms with Gasteiger partial charge >= 0.3 is 0 Å². The second kappa shape index (κ2) is 8.16. The maximum Gasteiger partial charge on any atom is 0.273 e. The molecule has 0 saturated carbocycles. The Morgan fingerprint density at radius 3 is 2.77 bits per heavy atom. The van der Waals surface area contributed by atoms with E-state index in [-0.39, 0.29) is 46.9 Å². The fraction of sp³-hybridized carbons (Fsp3) is 0.300. The van der Waals surface area contributed by atoms with E-state index in [1.54, 1.807) is 6.07 Å². The van der Waals surface area contributed by atoms with E-state index in [1.165, 1.54) is 47.6 Å². The lowest BCUT2D eigenvalue weighted by Crippen LogP contribution is -2.39. The molecule has 1 saturated heterocycles. The van der Waals surface area contributed by atoms with Crippen LogP contribution in [0.25, 0.3) is 11.4 Å². The third kappa shape index (κ3) is 4.06. The van der Waals surface area contributed by atoms with Gasteiger partial charge in [0, 0.05) is 30.3 Å². The maximum atomic E-state index is 13.5. The van der Waals surface area contributed by atoms with Crippen molar-refractivity contribution in [2.45, 2.75) is 30.6 Å². The lowest BCUT2D eigenvalue weighted by atomic mass is 10.00. The molecule has 1 aromatic heterocycles. The number of hydrogen-bond donors (Lipinski definition) is 0. The third-order valence-corrected chi connectivity index (χ3v) is 7.34. The zero-order chi connectivity index (χ0) is 22.2. The lowest BCUT2D eigenvalue weighted by molar-refractivity contribution is -0.385. The largest absolute Gasteiger partial charge is 0.339 e. The molecule has 3 aromatic rings. The van der Waals surface area contributed by atoms with Crippen molar-refractivity contribution in [3.05, 3.63) is 69.9 Å². The van der Waals surface area contributed by atoms with Crippen molar-refractivity contribution in [3.8, 4) is 11.4 Å². The van der Waals surface area contributed by atoms with Gasteiger partial charge in [-0.2, -0.15) is 9.29 Å². The number of nitro benzene ring substituents is 1. The Kier molecular flexibility index (Phi) is 5.54. The summed E-state index contributed by atoms with van der Waals surface area (Å²) in [6.45, 7) is 1.82. The summed E-state index contributed by atoms with van der Waals surface area (Å²) >= 11 is 0. The standard InChI is InChI=1S/C20H19FN4O5S/c1-13-17(25(26)27)8-3-9-18(13)31(28,29)24-10-4-6-15(12-24)20-22-19(23-30-20)14-5-2-7-16(21)11-14/h2-3,5,7-9,11,15H,4,6,10,12H2,1H3. The molecule has 0 N–H and O–H groups in total. The molecule has 11 heteroatoms. The predicted molar refractivity (Wildman–Crippen MR) is 108 cm³/mol. The normalized spacial score (nSPS) is 17.5. The van der Waals surface area contributed by atoms with E-state index in [0.29, 0.717) is 18.4 Å². The SMILES string of the molecule is Cc1c([N+](=O)[O-])cccc1S(=O)(=O)N1CCCC(c2nc(-c3cccc(F)c3)no2)C1. The zero-order valence-corrected chi connectivity index (χ0v) is 17.4. The molecular weight excluding hydrogens is 427 g/mol. The molecule has 1 aliphatic rings. The molecular formula is C20H19FN4O5S. The first kappa shape index (κ1) is 21.1. The van der Waals surface area contributed by atoms with Gasteiger partial charge in [-0.3, -0.25) is 10.1 Å². The van der Waals surface area contributed by atoms with Crippen LogP contribution in [0.2, 0.25) is 0 Å². The van der Waals surface area contributed by atoms with Gasteiger partial charge in [0.1, 0.15) is 5.82 Å². The highest BCUT2D eigenvalue weighted by atomic mass is 32.2. The van der Waals surface area contributed by atoms with Crippen LogP contribution < -0.4 is 0 Å². The Morgan fingerprint density at radius 2 is 2.03 bits per heavy atom. The summed E-state index contributed by atoms with van der Waals surface area (Å²) < 4.78 is 46.5. The Hall–Kier alpha value is -3.18. The van der Waals surface area contributed by atoms with Crippen molar-refractivity contribution in [1.29, 1.82) is 0 Å². The fourth-order valence-electron chi connectivity index (χ4n) is 3.73. The summed E-state index contributed by atoms with van der Waals surface area (Å²) in [5, 5.41) is 15.1. The number of aromatic nitrogens is 2. The minimum absolute atomic E-state index is 0.0895. The van der Waals surface area contributed by atoms with Crippen molar-refractivity contribution >= 4 is 15.7 Å². The average molecular weight is 446 g/mol. The first-order chi connectivity index (χ1) is 14.8. The molecule has 1 aliphatic heterocycles. The predicted octanol–water partition coefficient (Wildman–Crippen LogP) is 3.66. The van der Waals surface area contributed by atoms with Gasteiger partial charge in [-0.05, 0) is 38.0 Å². The number of piperidine rings is 1. The molecule has 0 bridgehead atoms. The van der Waals surface area contributed by atoms with Crippen molar-refractivity contribution in [3.63, 3.8) is 0 Å². The van der Waals surface area contributed by atoms with Gasteiger partial charge in [-0.1, -0.05) is 23.4 Å². The number of nitrogens with zero attached hydrogens (tertiary/aromatic N) is 4. The number of rotatable bonds is 5. The molecule has 0 spiro atoms. The number of hydrogen-bond acceptors (Lipinski definition) is 7. The van der Waals surface area contributed by atoms with Crippen LogP contribution in [-0.2, 0) is 10.0 Å². The van der Waals surface area contributed by atoms with Crippen LogP contribution >= 0.6 is 0 Å². The third-order valence-electron chi connectivity index (χ3n) is 5.33. The molecule has 1 atom stereocenters. The Labute approximate surface area is 177 Å². The maximum absolute atomic E-state index is 13.5. The molecule has 1 unspecified atom stereocenters. The first-order valence-corrected chi connectivity index (χ1v) is 11.0. The highest BCUT2D eigenvalue weighted by Crippen LogP contribution is 2.33. The number of sulfonamides is 1. The smallest absolute Gasteiger partial charge is 0.273 e. The van der Waals surface area contributed by atoms with E-state index >= 15 is 0 Å². The van der Waals surface area contributed by atoms with E-state index in [2.05, 4.69) is 10.1 Å². The van der Waals surface area contributed by atoms with Gasteiger partial charge in [0.05, 0.1) is 15.7 Å². The van der Waals surface area contributed by atoms with E-state index < -0.39 is 20.8 Å². The summed E-state index contributed by atoms with van der Waals surface area (Å²) in [6.07, 6.45) is 1.21. The van der Waals surface area contributed by atoms with Gasteiger partial charge in [0.25, 0.3) is 5.69 Å². The molecule has 0 radical (unpaired) electrons. The first-order valence-electron chi connectivity index (χ1n) is 9.61. The number of benzene rings is 2. The average Bonchev–Trinajstić information content (AvgIpc) is 3.24. The van der Waals surface area contributed by atoms with Gasteiger partial charge in [0.15, 0.2) is 0 Å². The van der Waals surface area contributed by atoms with Gasteiger partial charge < -0.3 is 4.52 Å². The van der Waals surface area contributed by atoms with Gasteiger partial charge in [-0.15, -0.1) is 0 Å². The Bertz CT molecular complexity index is 1240. The molecule has 2 heterocycles. The highest BCUT2D eigenvalue weighted by Gasteiger charge is 2.35. The Morgan fingerprint density at radius 1 is 1.26 bits per heavy atom. The molecule has 0 aliphatic carbocycles. The van der Waals surface area contributed by atoms with Crippen LogP contribution in [0.4, 0.5) is 10.1 Å². The summed E-state index contributed by atoms with van der Waals surface area (Å²) in [5.41, 5.74) is 0.314. The molecule has 4 rings (SSSR count). The van der Waals surface area contributed by atoms with Crippen molar-refractivity contribution in [1.82, 2.24) is 14.4 Å². The van der Waals surface area contributed by atoms with E-state index in [9.17, 15) is 22.9 Å². The Balaban J connectivity index is 1.59. The minimum Gasteiger partial charge on any atom is -0.339 e. The fourth-order valence-corrected chi connectivity index (χ4v) is 5.49.